The van der Waals surface area contributed by atoms with E-state index >= 15 is 0 Å². The number of halogens is 5. The van der Waals surface area contributed by atoms with Crippen LogP contribution in [0.2, 0.25) is 10.0 Å². The molecule has 3 nitrogen and oxygen atoms in total. The normalized spacial score (nSPS) is 15.4. The van der Waals surface area contributed by atoms with Crippen LogP contribution < -0.4 is 4.48 Å². The summed E-state index contributed by atoms with van der Waals surface area (Å²) >= 11 is 13.0. The number of carbonyl (C=O) groups excluding carboxylic acids is 1. The minimum Gasteiger partial charge on any atom is -0.456 e. The number of quaternary nitrogens is 1. The zero-order valence-corrected chi connectivity index (χ0v) is 20.3. The maximum atomic E-state index is 13.4. The molecule has 0 aliphatic carbocycles. The van der Waals surface area contributed by atoms with Crippen LogP contribution in [0.5, 0.6) is 0 Å². The number of esters is 1. The Kier molecular flexibility index (Phi) is 6.22. The first-order valence-corrected chi connectivity index (χ1v) is 10.8. The molecule has 8 heteroatoms. The van der Waals surface area contributed by atoms with Crippen molar-refractivity contribution in [1.29, 1.82) is 0 Å². The van der Waals surface area contributed by atoms with Gasteiger partial charge in [-0.2, -0.15) is 13.2 Å². The van der Waals surface area contributed by atoms with Gasteiger partial charge in [0.15, 0.2) is 0 Å². The molecule has 172 valence electrons. The van der Waals surface area contributed by atoms with Crippen LogP contribution in [0.3, 0.4) is 0 Å². The summed E-state index contributed by atoms with van der Waals surface area (Å²) in [5.74, 6) is -0.566. The molecule has 0 saturated carbocycles. The van der Waals surface area contributed by atoms with E-state index in [1.54, 1.807) is 33.8 Å². The van der Waals surface area contributed by atoms with Gasteiger partial charge in [-0.1, -0.05) is 23.2 Å². The lowest BCUT2D eigenvalue weighted by Crippen LogP contribution is -2.32. The number of aryl methyl sites for hydroxylation is 1. The van der Waals surface area contributed by atoms with Gasteiger partial charge in [0.25, 0.3) is 0 Å². The van der Waals surface area contributed by atoms with E-state index in [1.165, 1.54) is 12.1 Å². The maximum Gasteiger partial charge on any atom is 0.416 e. The summed E-state index contributed by atoms with van der Waals surface area (Å²) in [6.45, 7) is 6.93. The SMILES string of the molecule is Cc1cc(C(F)(F)F)cc2c1C(Cc1c(Cl)ccc(C(=O)OC(C)(C)C)c1Cl)=C[N+]2(C)C. The summed E-state index contributed by atoms with van der Waals surface area (Å²) in [7, 11) is 3.62. The highest BCUT2D eigenvalue weighted by Gasteiger charge is 2.39. The number of rotatable bonds is 3. The fraction of sp³-hybridized carbons (Fsp3) is 0.375. The molecule has 0 unspecified atom stereocenters. The quantitative estimate of drug-likeness (QED) is 0.332. The number of carbonyl (C=O) groups is 1. The van der Waals surface area contributed by atoms with Gasteiger partial charge < -0.3 is 4.74 Å². The zero-order chi connectivity index (χ0) is 24.2. The van der Waals surface area contributed by atoms with E-state index in [1.807, 2.05) is 20.3 Å². The van der Waals surface area contributed by atoms with E-state index < -0.39 is 23.3 Å². The minimum atomic E-state index is -4.43. The predicted octanol–water partition coefficient (Wildman–Crippen LogP) is 7.44. The minimum absolute atomic E-state index is 0.149. The number of nitrogens with zero attached hydrogens (tertiary/aromatic N) is 1. The van der Waals surface area contributed by atoms with Crippen molar-refractivity contribution in [3.63, 3.8) is 0 Å². The van der Waals surface area contributed by atoms with Gasteiger partial charge in [-0.05, 0) is 57.0 Å². The highest BCUT2D eigenvalue weighted by molar-refractivity contribution is 6.38. The topological polar surface area (TPSA) is 26.3 Å². The number of ether oxygens (including phenoxy) is 1. The Hall–Kier alpha value is -2.02. The molecule has 0 amide bonds. The van der Waals surface area contributed by atoms with Crippen molar-refractivity contribution in [2.24, 2.45) is 0 Å². The molecule has 2 aromatic rings. The molecular formula is C24H25Cl2F3NO2+. The summed E-state index contributed by atoms with van der Waals surface area (Å²) in [4.78, 5) is 12.6. The standard InChI is InChI=1S/C24H25Cl2F3NO2/c1-13-9-15(24(27,28)29)11-19-20(13)14(12-30(19,5)6)10-17-18(25)8-7-16(21(17)26)22(31)32-23(2,3)4/h7-9,11-12H,10H2,1-6H3/q+1. The Labute approximate surface area is 196 Å². The molecule has 0 spiro atoms. The second kappa shape index (κ2) is 8.08. The summed E-state index contributed by atoms with van der Waals surface area (Å²) in [5, 5.41) is 0.544. The Morgan fingerprint density at radius 2 is 1.72 bits per heavy atom. The van der Waals surface area contributed by atoms with Crippen LogP contribution >= 0.6 is 23.2 Å². The van der Waals surface area contributed by atoms with E-state index in [2.05, 4.69) is 0 Å². The monoisotopic (exact) mass is 486 g/mol. The molecule has 1 heterocycles. The molecule has 0 saturated heterocycles. The molecule has 0 radical (unpaired) electrons. The van der Waals surface area contributed by atoms with E-state index in [4.69, 9.17) is 27.9 Å². The third kappa shape index (κ3) is 4.82. The fourth-order valence-electron chi connectivity index (χ4n) is 3.90. The number of alkyl halides is 3. The van der Waals surface area contributed by atoms with Crippen LogP contribution in [0.25, 0.3) is 5.57 Å². The maximum absolute atomic E-state index is 13.4. The molecule has 3 rings (SSSR count). The number of benzene rings is 2. The average molecular weight is 487 g/mol. The van der Waals surface area contributed by atoms with E-state index in [9.17, 15) is 18.0 Å². The number of hydrogen-bond acceptors (Lipinski definition) is 2. The Bertz CT molecular complexity index is 1130. The Morgan fingerprint density at radius 3 is 2.28 bits per heavy atom. The van der Waals surface area contributed by atoms with Crippen molar-refractivity contribution in [1.82, 2.24) is 4.48 Å². The highest BCUT2D eigenvalue weighted by atomic mass is 35.5. The first kappa shape index (κ1) is 24.6. The molecule has 0 fully saturated rings. The van der Waals surface area contributed by atoms with Crippen LogP contribution in [0.15, 0.2) is 30.5 Å². The third-order valence-electron chi connectivity index (χ3n) is 5.23. The highest BCUT2D eigenvalue weighted by Crippen LogP contribution is 2.46. The number of allylic oxidation sites excluding steroid dienone is 1. The van der Waals surface area contributed by atoms with Crippen molar-refractivity contribution < 1.29 is 22.7 Å². The lowest BCUT2D eigenvalue weighted by molar-refractivity contribution is -0.137. The van der Waals surface area contributed by atoms with Gasteiger partial charge in [-0.15, -0.1) is 0 Å². The zero-order valence-electron chi connectivity index (χ0n) is 18.7. The van der Waals surface area contributed by atoms with Crippen molar-refractivity contribution in [3.8, 4) is 0 Å². The third-order valence-corrected chi connectivity index (χ3v) is 6.02. The molecule has 1 aliphatic heterocycles. The van der Waals surface area contributed by atoms with Gasteiger partial charge in [0.2, 0.25) is 0 Å². The molecule has 0 atom stereocenters. The molecule has 32 heavy (non-hydrogen) atoms. The van der Waals surface area contributed by atoms with Crippen molar-refractivity contribution >= 4 is 40.4 Å². The van der Waals surface area contributed by atoms with Gasteiger partial charge in [0.05, 0.1) is 30.2 Å². The van der Waals surface area contributed by atoms with Gasteiger partial charge in [0, 0.05) is 28.6 Å². The van der Waals surface area contributed by atoms with Crippen molar-refractivity contribution in [3.05, 3.63) is 68.3 Å². The second-order valence-corrected chi connectivity index (χ2v) is 10.2. The molecule has 1 aliphatic rings. The molecule has 0 bridgehead atoms. The lowest BCUT2D eigenvalue weighted by atomic mass is 9.93. The van der Waals surface area contributed by atoms with Crippen LogP contribution in [0.4, 0.5) is 18.9 Å². The van der Waals surface area contributed by atoms with E-state index in [0.29, 0.717) is 21.8 Å². The average Bonchev–Trinajstić information content (AvgIpc) is 2.87. The number of hydrogen-bond donors (Lipinski definition) is 0. The van der Waals surface area contributed by atoms with Crippen LogP contribution in [0, 0.1) is 6.92 Å². The predicted molar refractivity (Wildman–Crippen MR) is 123 cm³/mol. The van der Waals surface area contributed by atoms with E-state index in [0.717, 1.165) is 17.2 Å². The van der Waals surface area contributed by atoms with Crippen LogP contribution in [-0.2, 0) is 17.3 Å². The molecular weight excluding hydrogens is 462 g/mol. The first-order chi connectivity index (χ1) is 14.5. The van der Waals surface area contributed by atoms with Gasteiger partial charge in [-0.3, -0.25) is 4.48 Å². The van der Waals surface area contributed by atoms with Gasteiger partial charge in [0.1, 0.15) is 17.5 Å². The second-order valence-electron chi connectivity index (χ2n) is 9.45. The molecule has 2 aromatic carbocycles. The smallest absolute Gasteiger partial charge is 0.416 e. The Morgan fingerprint density at radius 1 is 1.09 bits per heavy atom. The van der Waals surface area contributed by atoms with Crippen LogP contribution in [0.1, 0.15) is 53.4 Å². The largest absolute Gasteiger partial charge is 0.456 e. The van der Waals surface area contributed by atoms with Gasteiger partial charge in [-0.25, -0.2) is 4.79 Å². The first-order valence-electron chi connectivity index (χ1n) is 9.99. The summed E-state index contributed by atoms with van der Waals surface area (Å²) < 4.78 is 45.7. The van der Waals surface area contributed by atoms with Crippen LogP contribution in [-0.4, -0.2) is 25.7 Å². The van der Waals surface area contributed by atoms with E-state index in [-0.39, 0.29) is 21.5 Å². The summed E-state index contributed by atoms with van der Waals surface area (Å²) in [6, 6.07) is 5.43. The van der Waals surface area contributed by atoms with Crippen molar-refractivity contribution in [2.75, 3.05) is 14.1 Å². The summed E-state index contributed by atoms with van der Waals surface area (Å²) in [5.41, 5.74) is 1.93. The molecule has 0 N–H and O–H groups in total. The Balaban J connectivity index is 2.07. The summed E-state index contributed by atoms with van der Waals surface area (Å²) in [6.07, 6.45) is -2.29. The van der Waals surface area contributed by atoms with Gasteiger partial charge >= 0.3 is 12.1 Å². The molecule has 0 aromatic heterocycles. The van der Waals surface area contributed by atoms with Crippen molar-refractivity contribution in [2.45, 2.75) is 45.9 Å². The number of fused-ring (bicyclic) bond motifs is 1. The lowest BCUT2D eigenvalue weighted by Gasteiger charge is -2.22. The fourth-order valence-corrected chi connectivity index (χ4v) is 4.48.